The van der Waals surface area contributed by atoms with Crippen LogP contribution < -0.4 is 0 Å². The van der Waals surface area contributed by atoms with Crippen molar-refractivity contribution in [1.82, 2.24) is 0 Å². The normalized spacial score (nSPS) is 19.3. The maximum absolute atomic E-state index is 6.30. The molecule has 0 spiro atoms. The van der Waals surface area contributed by atoms with Gasteiger partial charge in [-0.05, 0) is 47.0 Å². The van der Waals surface area contributed by atoms with E-state index in [-0.39, 0.29) is 18.3 Å². The topological polar surface area (TPSA) is 77.1 Å². The molecule has 3 atom stereocenters. The fourth-order valence-electron chi connectivity index (χ4n) is 3.41. The fraction of sp³-hybridized carbons (Fsp3) is 1.00. The van der Waals surface area contributed by atoms with Gasteiger partial charge in [-0.15, -0.1) is 0 Å². The average Bonchev–Trinajstić information content (AvgIpc) is 3.55. The van der Waals surface area contributed by atoms with Crippen LogP contribution in [0.1, 0.15) is 53.9 Å². The summed E-state index contributed by atoms with van der Waals surface area (Å²) < 4.78 is 47.4. The lowest BCUT2D eigenvalue weighted by molar-refractivity contribution is -0.271. The van der Waals surface area contributed by atoms with Crippen LogP contribution in [0.3, 0.4) is 0 Å². The summed E-state index contributed by atoms with van der Waals surface area (Å²) in [4.78, 5) is 0. The molecule has 1 saturated heterocycles. The lowest BCUT2D eigenvalue weighted by Crippen LogP contribution is -2.72. The summed E-state index contributed by atoms with van der Waals surface area (Å²) in [6.07, 6.45) is 2.38. The fourth-order valence-corrected chi connectivity index (χ4v) is 6.32. The third-order valence-electron chi connectivity index (χ3n) is 4.86. The van der Waals surface area contributed by atoms with Gasteiger partial charge in [0.1, 0.15) is 12.2 Å². The van der Waals surface area contributed by atoms with Crippen LogP contribution in [0.5, 0.6) is 0 Å². The van der Waals surface area contributed by atoms with Gasteiger partial charge in [0, 0.05) is 40.6 Å². The Labute approximate surface area is 177 Å². The Bertz CT molecular complexity index is 411. The van der Waals surface area contributed by atoms with Crippen LogP contribution in [0.25, 0.3) is 0 Å². The molecular formula is C20H42O8Si. The van der Waals surface area contributed by atoms with E-state index < -0.39 is 14.2 Å². The van der Waals surface area contributed by atoms with Gasteiger partial charge in [-0.1, -0.05) is 6.92 Å². The zero-order valence-electron chi connectivity index (χ0n) is 19.4. The Morgan fingerprint density at radius 1 is 1.00 bits per heavy atom. The Kier molecular flexibility index (Phi) is 13.1. The summed E-state index contributed by atoms with van der Waals surface area (Å²) in [5, 5.41) is 0. The highest BCUT2D eigenvalue weighted by Crippen LogP contribution is 2.36. The Balaban J connectivity index is 2.85. The summed E-state index contributed by atoms with van der Waals surface area (Å²) in [5.74, 6) is 0. The average molecular weight is 439 g/mol. The van der Waals surface area contributed by atoms with Crippen LogP contribution in [-0.2, 0) is 37.0 Å². The highest BCUT2D eigenvalue weighted by molar-refractivity contribution is 6.63. The minimum absolute atomic E-state index is 0.138. The summed E-state index contributed by atoms with van der Waals surface area (Å²) >= 11 is 0. The predicted octanol–water partition coefficient (Wildman–Crippen LogP) is 2.94. The van der Waals surface area contributed by atoms with Gasteiger partial charge in [0.2, 0.25) is 0 Å². The molecule has 3 unspecified atom stereocenters. The number of hydrogen-bond acceptors (Lipinski definition) is 8. The second-order valence-corrected chi connectivity index (χ2v) is 9.85. The van der Waals surface area contributed by atoms with Gasteiger partial charge in [-0.2, -0.15) is 0 Å². The van der Waals surface area contributed by atoms with E-state index in [4.69, 9.17) is 37.0 Å². The summed E-state index contributed by atoms with van der Waals surface area (Å²) in [6.45, 7) is 13.1. The van der Waals surface area contributed by atoms with Crippen molar-refractivity contribution in [3.63, 3.8) is 0 Å². The van der Waals surface area contributed by atoms with Gasteiger partial charge in [-0.3, -0.25) is 0 Å². The lowest BCUT2D eigenvalue weighted by Gasteiger charge is -2.46. The molecular weight excluding hydrogens is 396 g/mol. The van der Waals surface area contributed by atoms with Gasteiger partial charge in [-0.25, -0.2) is 0 Å². The van der Waals surface area contributed by atoms with Crippen LogP contribution >= 0.6 is 0 Å². The molecule has 0 aromatic carbocycles. The van der Waals surface area contributed by atoms with Crippen molar-refractivity contribution in [1.29, 1.82) is 0 Å². The summed E-state index contributed by atoms with van der Waals surface area (Å²) in [5.41, 5.74) is -1.23. The molecule has 0 bridgehead atoms. The third-order valence-corrected chi connectivity index (χ3v) is 7.98. The monoisotopic (exact) mass is 438 g/mol. The van der Waals surface area contributed by atoms with Crippen LogP contribution in [0.2, 0.25) is 0 Å². The number of hydrogen-bond donors (Lipinski definition) is 0. The first-order chi connectivity index (χ1) is 14.0. The Hall–Kier alpha value is -0.103. The zero-order valence-corrected chi connectivity index (χ0v) is 20.4. The first kappa shape index (κ1) is 26.9. The molecule has 0 N–H and O–H groups in total. The van der Waals surface area contributed by atoms with Crippen LogP contribution in [0, 0.1) is 0 Å². The highest BCUT2D eigenvalue weighted by atomic mass is 28.4. The molecule has 0 aliphatic carbocycles. The molecule has 0 saturated carbocycles. The van der Waals surface area contributed by atoms with Crippen molar-refractivity contribution < 1.29 is 37.0 Å². The van der Waals surface area contributed by atoms with Gasteiger partial charge >= 0.3 is 8.80 Å². The van der Waals surface area contributed by atoms with Gasteiger partial charge in [0.25, 0.3) is 5.41 Å². The van der Waals surface area contributed by atoms with Crippen molar-refractivity contribution in [2.75, 3.05) is 53.9 Å². The highest BCUT2D eigenvalue weighted by Gasteiger charge is 2.67. The molecule has 29 heavy (non-hydrogen) atoms. The number of ether oxygens (including phenoxy) is 5. The third kappa shape index (κ3) is 7.51. The van der Waals surface area contributed by atoms with E-state index in [1.54, 1.807) is 14.2 Å². The maximum Gasteiger partial charge on any atom is 0.566 e. The molecule has 0 radical (unpaired) electrons. The van der Waals surface area contributed by atoms with Gasteiger partial charge in [0.15, 0.2) is 0 Å². The molecule has 1 fully saturated rings. The quantitative estimate of drug-likeness (QED) is 0.132. The largest absolute Gasteiger partial charge is 0.566 e. The van der Waals surface area contributed by atoms with Crippen molar-refractivity contribution in [2.24, 2.45) is 0 Å². The van der Waals surface area contributed by atoms with Crippen LogP contribution in [0.15, 0.2) is 0 Å². The van der Waals surface area contributed by atoms with E-state index in [1.807, 2.05) is 27.7 Å². The van der Waals surface area contributed by atoms with Crippen molar-refractivity contribution in [2.45, 2.75) is 77.6 Å². The molecule has 1 aliphatic rings. The first-order valence-corrected chi connectivity index (χ1v) is 12.6. The van der Waals surface area contributed by atoms with Crippen molar-refractivity contribution >= 4 is 8.80 Å². The minimum atomic E-state index is -3.42. The van der Waals surface area contributed by atoms with E-state index in [2.05, 4.69) is 6.92 Å². The van der Waals surface area contributed by atoms with Crippen molar-refractivity contribution in [3.8, 4) is 0 Å². The second-order valence-electron chi connectivity index (χ2n) is 6.94. The predicted molar refractivity (Wildman–Crippen MR) is 112 cm³/mol. The van der Waals surface area contributed by atoms with Gasteiger partial charge in [0.05, 0.1) is 19.3 Å². The molecule has 9 heteroatoms. The molecule has 1 aliphatic heterocycles. The van der Waals surface area contributed by atoms with Gasteiger partial charge < -0.3 is 37.0 Å². The molecule has 0 amide bonds. The summed E-state index contributed by atoms with van der Waals surface area (Å²) in [7, 11) is -0.243. The van der Waals surface area contributed by atoms with Crippen molar-refractivity contribution in [3.05, 3.63) is 0 Å². The molecule has 1 rings (SSSR count). The van der Waals surface area contributed by atoms with E-state index in [1.165, 1.54) is 0 Å². The Morgan fingerprint density at radius 3 is 2.07 bits per heavy atom. The standard InChI is InChI=1S/C20H42O8Si/c1-8-19(23-9-2)20(26-10-3,27-11-4)29(21-6,22-7)28-14-12-13-17(5)24-15-18-16-25-18/h17-19H,8-16H2,1-7H3. The number of epoxide rings is 1. The number of rotatable bonds is 19. The van der Waals surface area contributed by atoms with Crippen LogP contribution in [0.4, 0.5) is 0 Å². The molecule has 0 aromatic rings. The molecule has 0 aromatic heterocycles. The smallest absolute Gasteiger partial charge is 0.376 e. The summed E-state index contributed by atoms with van der Waals surface area (Å²) in [6, 6.07) is 0. The molecule has 1 heterocycles. The second kappa shape index (κ2) is 14.1. The van der Waals surface area contributed by atoms with E-state index in [0.29, 0.717) is 39.5 Å². The maximum atomic E-state index is 6.30. The molecule has 174 valence electrons. The lowest BCUT2D eigenvalue weighted by atomic mass is 10.2. The SMILES string of the molecule is CCOC(CC)C(OCC)(OCC)[Si](OC)(OC)OCCCC(C)OCC1CO1. The van der Waals surface area contributed by atoms with E-state index in [9.17, 15) is 0 Å². The molecule has 8 nitrogen and oxygen atoms in total. The van der Waals surface area contributed by atoms with E-state index >= 15 is 0 Å². The minimum Gasteiger partial charge on any atom is -0.376 e. The van der Waals surface area contributed by atoms with Crippen LogP contribution in [-0.4, -0.2) is 86.4 Å². The van der Waals surface area contributed by atoms with E-state index in [0.717, 1.165) is 19.4 Å². The Morgan fingerprint density at radius 2 is 1.62 bits per heavy atom. The first-order valence-electron chi connectivity index (χ1n) is 10.9. The zero-order chi connectivity index (χ0) is 21.8.